The minimum absolute atomic E-state index is 0.0169. The van der Waals surface area contributed by atoms with Crippen LogP contribution in [0.3, 0.4) is 0 Å². The highest BCUT2D eigenvalue weighted by molar-refractivity contribution is 5.76. The number of hydrogen-bond donors (Lipinski definition) is 3. The highest BCUT2D eigenvalue weighted by atomic mass is 16.4. The van der Waals surface area contributed by atoms with Crippen LogP contribution in [0.15, 0.2) is 0 Å². The van der Waals surface area contributed by atoms with Gasteiger partial charge in [0.15, 0.2) is 0 Å². The van der Waals surface area contributed by atoms with Gasteiger partial charge in [-0.15, -0.1) is 0 Å². The first-order valence-electron chi connectivity index (χ1n) is 6.93. The molecule has 2 aliphatic rings. The van der Waals surface area contributed by atoms with E-state index in [-0.39, 0.29) is 30.6 Å². The second-order valence-electron chi connectivity index (χ2n) is 5.70. The summed E-state index contributed by atoms with van der Waals surface area (Å²) in [6.45, 7) is 2.68. The van der Waals surface area contributed by atoms with Gasteiger partial charge < -0.3 is 20.4 Å². The van der Waals surface area contributed by atoms with E-state index >= 15 is 0 Å². The average Bonchev–Trinajstić information content (AvgIpc) is 2.95. The highest BCUT2D eigenvalue weighted by Gasteiger charge is 2.36. The van der Waals surface area contributed by atoms with E-state index in [1.54, 1.807) is 4.90 Å². The molecule has 1 saturated heterocycles. The SMILES string of the molecule is CC1CCN(C(=O)N[C@H]2CC[C@@H](C(=O)O)C2)C1CO. The van der Waals surface area contributed by atoms with E-state index in [4.69, 9.17) is 5.11 Å². The smallest absolute Gasteiger partial charge is 0.317 e. The maximum absolute atomic E-state index is 12.1. The molecule has 0 aromatic carbocycles. The molecule has 19 heavy (non-hydrogen) atoms. The Morgan fingerprint density at radius 2 is 2.05 bits per heavy atom. The molecule has 0 spiro atoms. The molecule has 6 nitrogen and oxygen atoms in total. The minimum Gasteiger partial charge on any atom is -0.481 e. The lowest BCUT2D eigenvalue weighted by Crippen LogP contribution is -2.48. The van der Waals surface area contributed by atoms with Gasteiger partial charge in [0.05, 0.1) is 18.6 Å². The second kappa shape index (κ2) is 5.77. The lowest BCUT2D eigenvalue weighted by Gasteiger charge is -2.27. The lowest BCUT2D eigenvalue weighted by molar-refractivity contribution is -0.141. The normalized spacial score (nSPS) is 34.5. The number of likely N-dealkylation sites (tertiary alicyclic amines) is 1. The van der Waals surface area contributed by atoms with Crippen LogP contribution in [0.25, 0.3) is 0 Å². The molecule has 0 bridgehead atoms. The van der Waals surface area contributed by atoms with Crippen LogP contribution in [0.2, 0.25) is 0 Å². The van der Waals surface area contributed by atoms with Crippen molar-refractivity contribution in [1.29, 1.82) is 0 Å². The van der Waals surface area contributed by atoms with E-state index in [1.165, 1.54) is 0 Å². The van der Waals surface area contributed by atoms with Crippen LogP contribution in [-0.4, -0.2) is 52.3 Å². The number of nitrogens with zero attached hydrogens (tertiary/aromatic N) is 1. The largest absolute Gasteiger partial charge is 0.481 e. The standard InChI is InChI=1S/C13H22N2O4/c1-8-4-5-15(11(8)7-16)13(19)14-10-3-2-9(6-10)12(17)18/h8-11,16H,2-7H2,1H3,(H,14,19)(H,17,18)/t8?,9-,10+,11?/m1/s1. The van der Waals surface area contributed by atoms with Crippen molar-refractivity contribution in [3.63, 3.8) is 0 Å². The molecule has 2 fully saturated rings. The summed E-state index contributed by atoms with van der Waals surface area (Å²) in [6, 6.07) is -0.333. The number of nitrogens with one attached hydrogen (secondary N) is 1. The number of carboxylic acids is 1. The zero-order chi connectivity index (χ0) is 14.0. The molecule has 6 heteroatoms. The zero-order valence-electron chi connectivity index (χ0n) is 11.2. The summed E-state index contributed by atoms with van der Waals surface area (Å²) in [7, 11) is 0. The van der Waals surface area contributed by atoms with E-state index in [2.05, 4.69) is 5.32 Å². The van der Waals surface area contributed by atoms with Gasteiger partial charge in [-0.3, -0.25) is 4.79 Å². The number of amides is 2. The van der Waals surface area contributed by atoms with Gasteiger partial charge in [-0.2, -0.15) is 0 Å². The molecular formula is C13H22N2O4. The van der Waals surface area contributed by atoms with E-state index in [1.807, 2.05) is 6.92 Å². The van der Waals surface area contributed by atoms with E-state index in [0.717, 1.165) is 12.8 Å². The van der Waals surface area contributed by atoms with Crippen LogP contribution in [0.5, 0.6) is 0 Å². The molecule has 108 valence electrons. The number of urea groups is 1. The molecule has 1 aliphatic heterocycles. The fourth-order valence-corrected chi connectivity index (χ4v) is 3.13. The Balaban J connectivity index is 1.86. The topological polar surface area (TPSA) is 89.9 Å². The predicted octanol–water partition coefficient (Wildman–Crippen LogP) is 0.652. The van der Waals surface area contributed by atoms with E-state index in [9.17, 15) is 14.7 Å². The van der Waals surface area contributed by atoms with Crippen LogP contribution in [0.1, 0.15) is 32.6 Å². The van der Waals surface area contributed by atoms with Crippen LogP contribution in [-0.2, 0) is 4.79 Å². The van der Waals surface area contributed by atoms with Crippen LogP contribution in [0, 0.1) is 11.8 Å². The molecule has 0 radical (unpaired) electrons. The van der Waals surface area contributed by atoms with Crippen molar-refractivity contribution in [3.8, 4) is 0 Å². The van der Waals surface area contributed by atoms with Crippen molar-refractivity contribution < 1.29 is 19.8 Å². The maximum atomic E-state index is 12.1. The fraction of sp³-hybridized carbons (Fsp3) is 0.846. The van der Waals surface area contributed by atoms with Gasteiger partial charge in [-0.25, -0.2) is 4.79 Å². The number of carboxylic acid groups (broad SMARTS) is 1. The molecule has 1 aliphatic carbocycles. The van der Waals surface area contributed by atoms with E-state index < -0.39 is 5.97 Å². The number of aliphatic hydroxyl groups excluding tert-OH is 1. The Hall–Kier alpha value is -1.30. The van der Waals surface area contributed by atoms with Crippen molar-refractivity contribution >= 4 is 12.0 Å². The Labute approximate surface area is 112 Å². The Morgan fingerprint density at radius 3 is 2.63 bits per heavy atom. The molecule has 0 aromatic heterocycles. The molecule has 1 saturated carbocycles. The van der Waals surface area contributed by atoms with Crippen molar-refractivity contribution in [2.75, 3.05) is 13.2 Å². The second-order valence-corrected chi connectivity index (χ2v) is 5.70. The minimum atomic E-state index is -0.778. The van der Waals surface area contributed by atoms with Crippen molar-refractivity contribution in [1.82, 2.24) is 10.2 Å². The summed E-state index contributed by atoms with van der Waals surface area (Å²) in [5.74, 6) is -0.803. The molecule has 3 N–H and O–H groups in total. The third-order valence-electron chi connectivity index (χ3n) is 4.44. The summed E-state index contributed by atoms with van der Waals surface area (Å²) < 4.78 is 0. The molecule has 2 amide bonds. The maximum Gasteiger partial charge on any atom is 0.317 e. The summed E-state index contributed by atoms with van der Waals surface area (Å²) in [5.41, 5.74) is 0. The van der Waals surface area contributed by atoms with Crippen molar-refractivity contribution in [3.05, 3.63) is 0 Å². The zero-order valence-corrected chi connectivity index (χ0v) is 11.2. The summed E-state index contributed by atoms with van der Waals surface area (Å²) in [6.07, 6.45) is 2.76. The molecule has 1 heterocycles. The number of carbonyl (C=O) groups excluding carboxylic acids is 1. The number of hydrogen-bond acceptors (Lipinski definition) is 3. The van der Waals surface area contributed by atoms with Gasteiger partial charge in [0.1, 0.15) is 0 Å². The highest BCUT2D eigenvalue weighted by Crippen LogP contribution is 2.27. The summed E-state index contributed by atoms with van der Waals surface area (Å²) in [4.78, 5) is 24.7. The predicted molar refractivity (Wildman–Crippen MR) is 68.7 cm³/mol. The third kappa shape index (κ3) is 3.00. The molecule has 2 unspecified atom stereocenters. The number of aliphatic hydroxyl groups is 1. The molecule has 2 rings (SSSR count). The first-order chi connectivity index (χ1) is 9.02. The summed E-state index contributed by atoms with van der Waals surface area (Å²) >= 11 is 0. The molecular weight excluding hydrogens is 248 g/mol. The first kappa shape index (κ1) is 14.1. The van der Waals surface area contributed by atoms with Gasteiger partial charge in [0, 0.05) is 12.6 Å². The van der Waals surface area contributed by atoms with Crippen LogP contribution in [0.4, 0.5) is 4.79 Å². The summed E-state index contributed by atoms with van der Waals surface area (Å²) in [5, 5.41) is 21.2. The van der Waals surface area contributed by atoms with Crippen LogP contribution < -0.4 is 5.32 Å². The lowest BCUT2D eigenvalue weighted by atomic mass is 10.0. The average molecular weight is 270 g/mol. The fourth-order valence-electron chi connectivity index (χ4n) is 3.13. The quantitative estimate of drug-likeness (QED) is 0.702. The Kier molecular flexibility index (Phi) is 4.29. The van der Waals surface area contributed by atoms with Gasteiger partial charge in [0.2, 0.25) is 0 Å². The van der Waals surface area contributed by atoms with Gasteiger partial charge in [0.25, 0.3) is 0 Å². The Bertz CT molecular complexity index is 361. The third-order valence-corrected chi connectivity index (χ3v) is 4.44. The van der Waals surface area contributed by atoms with Crippen molar-refractivity contribution in [2.24, 2.45) is 11.8 Å². The monoisotopic (exact) mass is 270 g/mol. The number of carbonyl (C=O) groups is 2. The van der Waals surface area contributed by atoms with Crippen molar-refractivity contribution in [2.45, 2.75) is 44.7 Å². The van der Waals surface area contributed by atoms with E-state index in [0.29, 0.717) is 25.3 Å². The van der Waals surface area contributed by atoms with Gasteiger partial charge >= 0.3 is 12.0 Å². The first-order valence-corrected chi connectivity index (χ1v) is 6.93. The molecule has 4 atom stereocenters. The Morgan fingerprint density at radius 1 is 1.32 bits per heavy atom. The van der Waals surface area contributed by atoms with Gasteiger partial charge in [-0.1, -0.05) is 6.92 Å². The van der Waals surface area contributed by atoms with Gasteiger partial charge in [-0.05, 0) is 31.6 Å². The number of aliphatic carboxylic acids is 1. The molecule has 0 aromatic rings. The number of rotatable bonds is 3. The van der Waals surface area contributed by atoms with Crippen LogP contribution >= 0.6 is 0 Å².